The lowest BCUT2D eigenvalue weighted by Crippen LogP contribution is -2.35. The van der Waals surface area contributed by atoms with E-state index in [2.05, 4.69) is 10.6 Å². The minimum Gasteiger partial charge on any atom is -0.456 e. The van der Waals surface area contributed by atoms with Gasteiger partial charge >= 0.3 is 5.97 Å². The molecule has 142 valence electrons. The van der Waals surface area contributed by atoms with Gasteiger partial charge in [0.1, 0.15) is 0 Å². The van der Waals surface area contributed by atoms with Crippen LogP contribution in [0.5, 0.6) is 0 Å². The Kier molecular flexibility index (Phi) is 7.91. The van der Waals surface area contributed by atoms with Crippen molar-refractivity contribution in [2.75, 3.05) is 18.5 Å². The monoisotopic (exact) mass is 380 g/mol. The summed E-state index contributed by atoms with van der Waals surface area (Å²) in [7, 11) is 0. The van der Waals surface area contributed by atoms with E-state index in [1.807, 2.05) is 0 Å². The molecule has 1 saturated carbocycles. The Morgan fingerprint density at radius 2 is 1.88 bits per heavy atom. The fourth-order valence-corrected chi connectivity index (χ4v) is 3.17. The lowest BCUT2D eigenvalue weighted by Gasteiger charge is -2.20. The predicted molar refractivity (Wildman–Crippen MR) is 100.0 cm³/mol. The van der Waals surface area contributed by atoms with E-state index in [4.69, 9.17) is 16.3 Å². The number of amides is 2. The molecule has 0 saturated heterocycles. The van der Waals surface area contributed by atoms with Crippen molar-refractivity contribution in [2.24, 2.45) is 5.92 Å². The third-order valence-corrected chi connectivity index (χ3v) is 4.94. The zero-order valence-electron chi connectivity index (χ0n) is 15.0. The van der Waals surface area contributed by atoms with Gasteiger partial charge in [-0.1, -0.05) is 36.9 Å². The van der Waals surface area contributed by atoms with E-state index in [9.17, 15) is 14.4 Å². The van der Waals surface area contributed by atoms with Gasteiger partial charge in [-0.05, 0) is 43.4 Å². The molecule has 26 heavy (non-hydrogen) atoms. The molecule has 2 rings (SSSR count). The normalized spacial score (nSPS) is 14.5. The minimum atomic E-state index is -0.500. The number of rotatable bonds is 7. The average molecular weight is 381 g/mol. The number of benzene rings is 1. The SMILES string of the molecule is Cc1c(Cl)cccc1NC(=O)CNC(=O)COC(=O)CC1CCCCC1. The van der Waals surface area contributed by atoms with E-state index in [1.165, 1.54) is 6.42 Å². The highest BCUT2D eigenvalue weighted by Crippen LogP contribution is 2.26. The Morgan fingerprint density at radius 3 is 2.62 bits per heavy atom. The molecule has 0 aliphatic heterocycles. The molecule has 1 fully saturated rings. The predicted octanol–water partition coefficient (Wildman–Crippen LogP) is 3.22. The maximum Gasteiger partial charge on any atom is 0.306 e. The zero-order chi connectivity index (χ0) is 18.9. The maximum atomic E-state index is 11.9. The van der Waals surface area contributed by atoms with Crippen LogP contribution in [0.15, 0.2) is 18.2 Å². The highest BCUT2D eigenvalue weighted by atomic mass is 35.5. The smallest absolute Gasteiger partial charge is 0.306 e. The molecule has 0 aromatic heterocycles. The Bertz CT molecular complexity index is 657. The van der Waals surface area contributed by atoms with E-state index in [0.717, 1.165) is 31.2 Å². The van der Waals surface area contributed by atoms with Gasteiger partial charge in [-0.25, -0.2) is 0 Å². The molecule has 2 N–H and O–H groups in total. The molecule has 0 bridgehead atoms. The Morgan fingerprint density at radius 1 is 1.15 bits per heavy atom. The molecule has 0 atom stereocenters. The summed E-state index contributed by atoms with van der Waals surface area (Å²) < 4.78 is 4.99. The number of nitrogens with one attached hydrogen (secondary N) is 2. The highest BCUT2D eigenvalue weighted by Gasteiger charge is 2.18. The Hall–Kier alpha value is -2.08. The van der Waals surface area contributed by atoms with Crippen molar-refractivity contribution >= 4 is 35.1 Å². The van der Waals surface area contributed by atoms with Crippen LogP contribution >= 0.6 is 11.6 Å². The summed E-state index contributed by atoms with van der Waals surface area (Å²) in [4.78, 5) is 35.4. The number of anilines is 1. The van der Waals surface area contributed by atoms with Crippen LogP contribution in [0.1, 0.15) is 44.1 Å². The van der Waals surface area contributed by atoms with Gasteiger partial charge in [-0.2, -0.15) is 0 Å². The molecule has 1 aliphatic carbocycles. The van der Waals surface area contributed by atoms with Gasteiger partial charge in [-0.3, -0.25) is 14.4 Å². The van der Waals surface area contributed by atoms with E-state index < -0.39 is 5.91 Å². The Balaban J connectivity index is 1.65. The second-order valence-corrected chi connectivity index (χ2v) is 7.01. The van der Waals surface area contributed by atoms with Gasteiger partial charge in [0.25, 0.3) is 5.91 Å². The molecule has 7 heteroatoms. The fraction of sp³-hybridized carbons (Fsp3) is 0.526. The van der Waals surface area contributed by atoms with Crippen molar-refractivity contribution in [3.8, 4) is 0 Å². The van der Waals surface area contributed by atoms with Gasteiger partial charge < -0.3 is 15.4 Å². The molecule has 0 heterocycles. The first kappa shape index (κ1) is 20.2. The molecule has 0 radical (unpaired) electrons. The number of carbonyl (C=O) groups excluding carboxylic acids is 3. The van der Waals surface area contributed by atoms with Gasteiger partial charge in [-0.15, -0.1) is 0 Å². The summed E-state index contributed by atoms with van der Waals surface area (Å²) in [5.41, 5.74) is 1.35. The summed E-state index contributed by atoms with van der Waals surface area (Å²) in [6, 6.07) is 5.19. The summed E-state index contributed by atoms with van der Waals surface area (Å²) in [5, 5.41) is 5.67. The number of ether oxygens (including phenoxy) is 1. The Labute approximate surface area is 158 Å². The van der Waals surface area contributed by atoms with Gasteiger partial charge in [0.05, 0.1) is 6.54 Å². The minimum absolute atomic E-state index is 0.203. The maximum absolute atomic E-state index is 11.9. The van der Waals surface area contributed by atoms with E-state index in [0.29, 0.717) is 23.0 Å². The first-order valence-electron chi connectivity index (χ1n) is 8.93. The number of hydrogen-bond acceptors (Lipinski definition) is 4. The first-order chi connectivity index (χ1) is 12.5. The van der Waals surface area contributed by atoms with E-state index in [1.54, 1.807) is 25.1 Å². The lowest BCUT2D eigenvalue weighted by molar-refractivity contribution is -0.149. The largest absolute Gasteiger partial charge is 0.456 e. The second kappa shape index (κ2) is 10.2. The highest BCUT2D eigenvalue weighted by molar-refractivity contribution is 6.31. The number of halogens is 1. The molecule has 1 aromatic carbocycles. The van der Waals surface area contributed by atoms with Crippen molar-refractivity contribution in [1.29, 1.82) is 0 Å². The topological polar surface area (TPSA) is 84.5 Å². The van der Waals surface area contributed by atoms with Crippen LogP contribution in [0, 0.1) is 12.8 Å². The van der Waals surface area contributed by atoms with Crippen LogP contribution in [-0.4, -0.2) is 30.9 Å². The summed E-state index contributed by atoms with van der Waals surface area (Å²) in [6.45, 7) is 1.22. The molecule has 1 aromatic rings. The lowest BCUT2D eigenvalue weighted by atomic mass is 9.87. The second-order valence-electron chi connectivity index (χ2n) is 6.61. The zero-order valence-corrected chi connectivity index (χ0v) is 15.7. The standard InChI is InChI=1S/C19H25ClN2O4/c1-13-15(20)8-5-9-16(13)22-17(23)11-21-18(24)12-26-19(25)10-14-6-3-2-4-7-14/h5,8-9,14H,2-4,6-7,10-12H2,1H3,(H,21,24)(H,22,23). The van der Waals surface area contributed by atoms with E-state index in [-0.39, 0.29) is 25.0 Å². The molecule has 1 aliphatic rings. The van der Waals surface area contributed by atoms with Gasteiger partial charge in [0.15, 0.2) is 6.61 Å². The van der Waals surface area contributed by atoms with Crippen LogP contribution < -0.4 is 10.6 Å². The molecule has 2 amide bonds. The van der Waals surface area contributed by atoms with Crippen LogP contribution in [-0.2, 0) is 19.1 Å². The first-order valence-corrected chi connectivity index (χ1v) is 9.31. The van der Waals surface area contributed by atoms with Crippen LogP contribution in [0.3, 0.4) is 0 Å². The van der Waals surface area contributed by atoms with Crippen molar-refractivity contribution in [3.63, 3.8) is 0 Å². The van der Waals surface area contributed by atoms with Crippen molar-refractivity contribution in [2.45, 2.75) is 45.4 Å². The molecule has 0 spiro atoms. The van der Waals surface area contributed by atoms with Crippen LogP contribution in [0.25, 0.3) is 0 Å². The van der Waals surface area contributed by atoms with Crippen LogP contribution in [0.2, 0.25) is 5.02 Å². The van der Waals surface area contributed by atoms with Gasteiger partial charge in [0, 0.05) is 17.1 Å². The summed E-state index contributed by atoms with van der Waals surface area (Å²) >= 11 is 6.00. The molecular formula is C19H25ClN2O4. The molecule has 6 nitrogen and oxygen atoms in total. The summed E-state index contributed by atoms with van der Waals surface area (Å²) in [5.74, 6) is -0.866. The third-order valence-electron chi connectivity index (χ3n) is 4.53. The number of hydrogen-bond donors (Lipinski definition) is 2. The number of carbonyl (C=O) groups is 3. The van der Waals surface area contributed by atoms with Crippen molar-refractivity contribution in [1.82, 2.24) is 5.32 Å². The van der Waals surface area contributed by atoms with E-state index >= 15 is 0 Å². The molecule has 0 unspecified atom stereocenters. The van der Waals surface area contributed by atoms with Crippen molar-refractivity contribution < 1.29 is 19.1 Å². The fourth-order valence-electron chi connectivity index (χ4n) is 3.00. The number of esters is 1. The van der Waals surface area contributed by atoms with Crippen LogP contribution in [0.4, 0.5) is 5.69 Å². The van der Waals surface area contributed by atoms with Gasteiger partial charge in [0.2, 0.25) is 5.91 Å². The summed E-state index contributed by atoms with van der Waals surface area (Å²) in [6.07, 6.45) is 5.99. The third kappa shape index (κ3) is 6.67. The molecular weight excluding hydrogens is 356 g/mol. The average Bonchev–Trinajstić information content (AvgIpc) is 2.63. The quantitative estimate of drug-likeness (QED) is 0.711. The van der Waals surface area contributed by atoms with Crippen molar-refractivity contribution in [3.05, 3.63) is 28.8 Å².